The molecule has 6 nitrogen and oxygen atoms in total. The first-order valence-corrected chi connectivity index (χ1v) is 9.95. The second-order valence-electron chi connectivity index (χ2n) is 7.65. The summed E-state index contributed by atoms with van der Waals surface area (Å²) in [5.41, 5.74) is 5.36. The molecule has 0 spiro atoms. The summed E-state index contributed by atoms with van der Waals surface area (Å²) < 4.78 is 5.79. The summed E-state index contributed by atoms with van der Waals surface area (Å²) >= 11 is 0. The molecule has 2 aliphatic heterocycles. The number of imidazole rings is 1. The maximum atomic E-state index is 11.2. The topological polar surface area (TPSA) is 61.5 Å². The molecule has 1 fully saturated rings. The van der Waals surface area contributed by atoms with Crippen molar-refractivity contribution in [1.29, 1.82) is 0 Å². The Bertz CT molecular complexity index is 1010. The van der Waals surface area contributed by atoms with Crippen LogP contribution in [-0.2, 0) is 17.9 Å². The Hall–Kier alpha value is -2.86. The Morgan fingerprint density at radius 2 is 1.89 bits per heavy atom. The Balaban J connectivity index is 1.44. The monoisotopic (exact) mass is 376 g/mol. The van der Waals surface area contributed by atoms with Gasteiger partial charge in [-0.15, -0.1) is 0 Å². The van der Waals surface area contributed by atoms with Gasteiger partial charge in [-0.2, -0.15) is 0 Å². The van der Waals surface area contributed by atoms with Gasteiger partial charge >= 0.3 is 0 Å². The molecule has 1 amide bonds. The van der Waals surface area contributed by atoms with Gasteiger partial charge in [0.1, 0.15) is 18.2 Å². The Morgan fingerprint density at radius 3 is 2.75 bits per heavy atom. The van der Waals surface area contributed by atoms with Crippen LogP contribution < -0.4 is 4.74 Å². The van der Waals surface area contributed by atoms with E-state index in [1.165, 1.54) is 12.8 Å². The van der Waals surface area contributed by atoms with E-state index >= 15 is 0 Å². The summed E-state index contributed by atoms with van der Waals surface area (Å²) in [6.45, 7) is 4.95. The van der Waals surface area contributed by atoms with Crippen molar-refractivity contribution >= 4 is 17.4 Å². The minimum Gasteiger partial charge on any atom is -0.491 e. The zero-order valence-electron chi connectivity index (χ0n) is 15.9. The Morgan fingerprint density at radius 1 is 1.07 bits per heavy atom. The lowest BCUT2D eigenvalue weighted by molar-refractivity contribution is -0.118. The van der Waals surface area contributed by atoms with Crippen molar-refractivity contribution in [3.8, 4) is 16.9 Å². The highest BCUT2D eigenvalue weighted by atomic mass is 16.5. The van der Waals surface area contributed by atoms with E-state index in [-0.39, 0.29) is 0 Å². The van der Waals surface area contributed by atoms with E-state index in [2.05, 4.69) is 40.2 Å². The third kappa shape index (κ3) is 3.36. The van der Waals surface area contributed by atoms with Crippen LogP contribution in [0.4, 0.5) is 0 Å². The number of carbonyl (C=O) groups is 1. The van der Waals surface area contributed by atoms with Crippen molar-refractivity contribution < 1.29 is 9.53 Å². The molecule has 28 heavy (non-hydrogen) atoms. The molecular formula is C22H24N4O2. The molecule has 1 aromatic heterocycles. The number of fused-ring (bicyclic) bond motifs is 2. The van der Waals surface area contributed by atoms with Gasteiger partial charge in [-0.1, -0.05) is 12.1 Å². The van der Waals surface area contributed by atoms with Crippen molar-refractivity contribution in [2.45, 2.75) is 25.9 Å². The van der Waals surface area contributed by atoms with Crippen LogP contribution in [0.15, 0.2) is 36.4 Å². The highest BCUT2D eigenvalue weighted by Gasteiger charge is 2.16. The SMILES string of the molecule is O=CN1CCOc2ccc(-c3ccc4nc(CN5CCCC5)[nH]c4c3)cc2C1. The number of hydrogen-bond donors (Lipinski definition) is 1. The van der Waals surface area contributed by atoms with Crippen molar-refractivity contribution in [2.75, 3.05) is 26.2 Å². The summed E-state index contributed by atoms with van der Waals surface area (Å²) in [6.07, 6.45) is 3.46. The number of nitrogens with one attached hydrogen (secondary N) is 1. The molecule has 1 saturated heterocycles. The van der Waals surface area contributed by atoms with Crippen LogP contribution in [0, 0.1) is 0 Å². The Labute approximate surface area is 164 Å². The van der Waals surface area contributed by atoms with E-state index < -0.39 is 0 Å². The number of nitrogens with zero attached hydrogens (tertiary/aromatic N) is 3. The molecule has 0 aliphatic carbocycles. The maximum absolute atomic E-state index is 11.2. The highest BCUT2D eigenvalue weighted by molar-refractivity contribution is 5.82. The van der Waals surface area contributed by atoms with Crippen LogP contribution >= 0.6 is 0 Å². The number of H-pyrrole nitrogens is 1. The maximum Gasteiger partial charge on any atom is 0.210 e. The smallest absolute Gasteiger partial charge is 0.210 e. The number of aromatic nitrogens is 2. The van der Waals surface area contributed by atoms with Crippen molar-refractivity contribution in [3.05, 3.63) is 47.8 Å². The second kappa shape index (κ2) is 7.28. The van der Waals surface area contributed by atoms with Crippen molar-refractivity contribution in [2.24, 2.45) is 0 Å². The molecule has 0 radical (unpaired) electrons. The number of hydrogen-bond acceptors (Lipinski definition) is 4. The van der Waals surface area contributed by atoms with Gasteiger partial charge in [0, 0.05) is 12.1 Å². The number of aromatic amines is 1. The quantitative estimate of drug-likeness (QED) is 0.711. The van der Waals surface area contributed by atoms with Gasteiger partial charge in [0.2, 0.25) is 6.41 Å². The lowest BCUT2D eigenvalue weighted by Crippen LogP contribution is -2.23. The average molecular weight is 376 g/mol. The number of likely N-dealkylation sites (tertiary alicyclic amines) is 1. The summed E-state index contributed by atoms with van der Waals surface area (Å²) in [5.74, 6) is 1.90. The van der Waals surface area contributed by atoms with Crippen LogP contribution in [0.1, 0.15) is 24.2 Å². The van der Waals surface area contributed by atoms with Gasteiger partial charge < -0.3 is 14.6 Å². The molecule has 0 unspecified atom stereocenters. The van der Waals surface area contributed by atoms with Gasteiger partial charge in [-0.3, -0.25) is 9.69 Å². The van der Waals surface area contributed by atoms with Crippen LogP contribution in [0.25, 0.3) is 22.2 Å². The third-order valence-corrected chi connectivity index (χ3v) is 5.66. The summed E-state index contributed by atoms with van der Waals surface area (Å²) in [5, 5.41) is 0. The molecule has 0 saturated carbocycles. The highest BCUT2D eigenvalue weighted by Crippen LogP contribution is 2.30. The van der Waals surface area contributed by atoms with Crippen LogP contribution in [0.5, 0.6) is 5.75 Å². The number of rotatable bonds is 4. The minimum atomic E-state index is 0.533. The largest absolute Gasteiger partial charge is 0.491 e. The molecule has 1 N–H and O–H groups in total. The van der Waals surface area contributed by atoms with Gasteiger partial charge in [-0.05, 0) is 61.3 Å². The van der Waals surface area contributed by atoms with E-state index in [4.69, 9.17) is 9.72 Å². The van der Waals surface area contributed by atoms with Gasteiger partial charge in [-0.25, -0.2) is 4.98 Å². The lowest BCUT2D eigenvalue weighted by Gasteiger charge is -2.13. The molecule has 6 heteroatoms. The van der Waals surface area contributed by atoms with Crippen molar-refractivity contribution in [3.63, 3.8) is 0 Å². The predicted octanol–water partition coefficient (Wildman–Crippen LogP) is 3.18. The zero-order chi connectivity index (χ0) is 18.9. The van der Waals surface area contributed by atoms with Gasteiger partial charge in [0.05, 0.1) is 24.1 Å². The fourth-order valence-electron chi connectivity index (χ4n) is 4.15. The predicted molar refractivity (Wildman–Crippen MR) is 108 cm³/mol. The fourth-order valence-corrected chi connectivity index (χ4v) is 4.15. The summed E-state index contributed by atoms with van der Waals surface area (Å²) in [6, 6.07) is 12.6. The first-order valence-electron chi connectivity index (χ1n) is 9.95. The van der Waals surface area contributed by atoms with E-state index in [0.717, 1.165) is 65.3 Å². The molecule has 3 aromatic rings. The molecule has 0 bridgehead atoms. The first-order chi connectivity index (χ1) is 13.8. The normalized spacial score (nSPS) is 17.4. The minimum absolute atomic E-state index is 0.533. The number of amides is 1. The van der Waals surface area contributed by atoms with Crippen LogP contribution in [0.2, 0.25) is 0 Å². The standard InChI is InChI=1S/C22H24N4O2/c27-15-26-9-10-28-21-6-4-16(11-18(21)13-26)17-3-5-19-20(12-17)24-22(23-19)14-25-7-1-2-8-25/h3-6,11-12,15H,1-2,7-10,13-14H2,(H,23,24). The van der Waals surface area contributed by atoms with E-state index in [1.54, 1.807) is 4.90 Å². The van der Waals surface area contributed by atoms with Gasteiger partial charge in [0.15, 0.2) is 0 Å². The molecular weight excluding hydrogens is 352 g/mol. The molecule has 5 rings (SSSR count). The molecule has 2 aliphatic rings. The summed E-state index contributed by atoms with van der Waals surface area (Å²) in [7, 11) is 0. The zero-order valence-corrected chi connectivity index (χ0v) is 15.9. The average Bonchev–Trinajstić information content (AvgIpc) is 3.31. The van der Waals surface area contributed by atoms with E-state index in [1.807, 2.05) is 6.07 Å². The van der Waals surface area contributed by atoms with Crippen molar-refractivity contribution in [1.82, 2.24) is 19.8 Å². The first kappa shape index (κ1) is 17.3. The molecule has 144 valence electrons. The van der Waals surface area contributed by atoms with Crippen LogP contribution in [-0.4, -0.2) is 52.4 Å². The molecule has 2 aromatic carbocycles. The number of ether oxygens (including phenoxy) is 1. The van der Waals surface area contributed by atoms with E-state index in [9.17, 15) is 4.79 Å². The summed E-state index contributed by atoms with van der Waals surface area (Å²) in [4.78, 5) is 23.6. The molecule has 0 atom stereocenters. The number of carbonyl (C=O) groups excluding carboxylic acids is 1. The van der Waals surface area contributed by atoms with Crippen LogP contribution in [0.3, 0.4) is 0 Å². The second-order valence-corrected chi connectivity index (χ2v) is 7.65. The number of benzene rings is 2. The van der Waals surface area contributed by atoms with Gasteiger partial charge in [0.25, 0.3) is 0 Å². The Kier molecular flexibility index (Phi) is 4.49. The fraction of sp³-hybridized carbons (Fsp3) is 0.364. The third-order valence-electron chi connectivity index (χ3n) is 5.66. The lowest BCUT2D eigenvalue weighted by atomic mass is 10.0. The van der Waals surface area contributed by atoms with E-state index in [0.29, 0.717) is 19.7 Å². The molecule has 3 heterocycles.